The van der Waals surface area contributed by atoms with Gasteiger partial charge in [-0.25, -0.2) is 0 Å². The molecule has 0 atom stereocenters. The van der Waals surface area contributed by atoms with Crippen molar-refractivity contribution in [1.29, 1.82) is 0 Å². The van der Waals surface area contributed by atoms with Gasteiger partial charge < -0.3 is 4.74 Å². The van der Waals surface area contributed by atoms with Crippen molar-refractivity contribution >= 4 is 17.3 Å². The van der Waals surface area contributed by atoms with E-state index in [9.17, 15) is 4.79 Å². The van der Waals surface area contributed by atoms with Crippen LogP contribution in [0.3, 0.4) is 0 Å². The standard InChI is InChI=1S/C11H15NO2S/c1-14-11(13)8-12(9-4-5-9)7-10-3-2-6-15-10/h2-3,6,9H,4-5,7-8H2,1H3. The number of esters is 1. The number of nitrogens with zero attached hydrogens (tertiary/aromatic N) is 1. The zero-order chi connectivity index (χ0) is 10.7. The number of carbonyl (C=O) groups is 1. The van der Waals surface area contributed by atoms with Gasteiger partial charge in [0.2, 0.25) is 0 Å². The molecular formula is C11H15NO2S. The minimum atomic E-state index is -0.140. The molecule has 4 heteroatoms. The monoisotopic (exact) mass is 225 g/mol. The number of hydrogen-bond donors (Lipinski definition) is 0. The van der Waals surface area contributed by atoms with Crippen LogP contribution in [0.4, 0.5) is 0 Å². The summed E-state index contributed by atoms with van der Waals surface area (Å²) in [5.41, 5.74) is 0. The van der Waals surface area contributed by atoms with Gasteiger partial charge >= 0.3 is 5.97 Å². The van der Waals surface area contributed by atoms with Crippen LogP contribution in [0.2, 0.25) is 0 Å². The predicted octanol–water partition coefficient (Wildman–Crippen LogP) is 1.89. The lowest BCUT2D eigenvalue weighted by Crippen LogP contribution is -2.31. The van der Waals surface area contributed by atoms with Gasteiger partial charge in [0.05, 0.1) is 13.7 Å². The molecule has 0 saturated heterocycles. The van der Waals surface area contributed by atoms with E-state index in [0.29, 0.717) is 12.6 Å². The van der Waals surface area contributed by atoms with Crippen LogP contribution in [0, 0.1) is 0 Å². The maximum atomic E-state index is 11.2. The first-order chi connectivity index (χ1) is 7.29. The molecule has 0 radical (unpaired) electrons. The molecule has 0 bridgehead atoms. The number of hydrogen-bond acceptors (Lipinski definition) is 4. The van der Waals surface area contributed by atoms with Crippen molar-refractivity contribution in [2.24, 2.45) is 0 Å². The maximum absolute atomic E-state index is 11.2. The van der Waals surface area contributed by atoms with Gasteiger partial charge in [-0.1, -0.05) is 6.07 Å². The molecule has 0 spiro atoms. The second-order valence-electron chi connectivity index (χ2n) is 3.79. The van der Waals surface area contributed by atoms with E-state index in [2.05, 4.69) is 16.3 Å². The highest BCUT2D eigenvalue weighted by Crippen LogP contribution is 2.28. The minimum absolute atomic E-state index is 0.140. The normalized spacial score (nSPS) is 15.6. The highest BCUT2D eigenvalue weighted by atomic mass is 32.1. The maximum Gasteiger partial charge on any atom is 0.319 e. The fourth-order valence-corrected chi connectivity index (χ4v) is 2.32. The highest BCUT2D eigenvalue weighted by molar-refractivity contribution is 7.09. The molecule has 0 N–H and O–H groups in total. The van der Waals surface area contributed by atoms with Gasteiger partial charge in [0, 0.05) is 17.5 Å². The Morgan fingerprint density at radius 3 is 3.00 bits per heavy atom. The Balaban J connectivity index is 1.91. The zero-order valence-electron chi connectivity index (χ0n) is 8.81. The molecule has 0 aromatic carbocycles. The van der Waals surface area contributed by atoms with Gasteiger partial charge in [-0.3, -0.25) is 9.69 Å². The molecule has 15 heavy (non-hydrogen) atoms. The van der Waals surface area contributed by atoms with Gasteiger partial charge in [-0.05, 0) is 24.3 Å². The summed E-state index contributed by atoms with van der Waals surface area (Å²) in [6.07, 6.45) is 2.42. The fourth-order valence-electron chi connectivity index (χ4n) is 1.59. The van der Waals surface area contributed by atoms with Crippen LogP contribution in [0.15, 0.2) is 17.5 Å². The SMILES string of the molecule is COC(=O)CN(Cc1cccs1)C1CC1. The first-order valence-corrected chi connectivity index (χ1v) is 6.01. The summed E-state index contributed by atoms with van der Waals surface area (Å²) >= 11 is 1.74. The third-order valence-corrected chi connectivity index (χ3v) is 3.42. The van der Waals surface area contributed by atoms with E-state index in [-0.39, 0.29) is 5.97 Å². The van der Waals surface area contributed by atoms with Crippen molar-refractivity contribution in [3.8, 4) is 0 Å². The van der Waals surface area contributed by atoms with Crippen LogP contribution >= 0.6 is 11.3 Å². The highest BCUT2D eigenvalue weighted by Gasteiger charge is 2.30. The first kappa shape index (κ1) is 10.6. The van der Waals surface area contributed by atoms with E-state index in [0.717, 1.165) is 6.54 Å². The molecule has 2 rings (SSSR count). The molecular weight excluding hydrogens is 210 g/mol. The third-order valence-electron chi connectivity index (χ3n) is 2.56. The lowest BCUT2D eigenvalue weighted by Gasteiger charge is -2.19. The lowest BCUT2D eigenvalue weighted by molar-refractivity contribution is -0.142. The average Bonchev–Trinajstić information content (AvgIpc) is 2.97. The largest absolute Gasteiger partial charge is 0.468 e. The fraction of sp³-hybridized carbons (Fsp3) is 0.545. The van der Waals surface area contributed by atoms with Crippen molar-refractivity contribution in [3.63, 3.8) is 0 Å². The van der Waals surface area contributed by atoms with Gasteiger partial charge in [-0.2, -0.15) is 0 Å². The van der Waals surface area contributed by atoms with E-state index < -0.39 is 0 Å². The Morgan fingerprint density at radius 1 is 1.67 bits per heavy atom. The number of rotatable bonds is 5. The van der Waals surface area contributed by atoms with Crippen molar-refractivity contribution in [1.82, 2.24) is 4.90 Å². The van der Waals surface area contributed by atoms with Crippen molar-refractivity contribution < 1.29 is 9.53 Å². The van der Waals surface area contributed by atoms with E-state index in [4.69, 9.17) is 4.74 Å². The van der Waals surface area contributed by atoms with Gasteiger partial charge in [0.25, 0.3) is 0 Å². The molecule has 1 aliphatic rings. The van der Waals surface area contributed by atoms with E-state index in [1.165, 1.54) is 24.8 Å². The molecule has 3 nitrogen and oxygen atoms in total. The smallest absolute Gasteiger partial charge is 0.319 e. The van der Waals surface area contributed by atoms with Gasteiger partial charge in [-0.15, -0.1) is 11.3 Å². The second-order valence-corrected chi connectivity index (χ2v) is 4.82. The second kappa shape index (κ2) is 4.77. The van der Waals surface area contributed by atoms with Crippen molar-refractivity contribution in [2.75, 3.05) is 13.7 Å². The summed E-state index contributed by atoms with van der Waals surface area (Å²) in [5, 5.41) is 2.07. The van der Waals surface area contributed by atoms with E-state index in [1.807, 2.05) is 6.07 Å². The zero-order valence-corrected chi connectivity index (χ0v) is 9.63. The van der Waals surface area contributed by atoms with Crippen molar-refractivity contribution in [2.45, 2.75) is 25.4 Å². The average molecular weight is 225 g/mol. The molecule has 1 saturated carbocycles. The summed E-state index contributed by atoms with van der Waals surface area (Å²) in [5.74, 6) is -0.140. The molecule has 1 fully saturated rings. The molecule has 1 heterocycles. The van der Waals surface area contributed by atoms with Gasteiger partial charge in [0.15, 0.2) is 0 Å². The van der Waals surface area contributed by atoms with Crippen LogP contribution in [-0.2, 0) is 16.1 Å². The molecule has 82 valence electrons. The van der Waals surface area contributed by atoms with Crippen LogP contribution in [0.1, 0.15) is 17.7 Å². The predicted molar refractivity (Wildman–Crippen MR) is 59.8 cm³/mol. The molecule has 1 aromatic rings. The Morgan fingerprint density at radius 2 is 2.47 bits per heavy atom. The summed E-state index contributed by atoms with van der Waals surface area (Å²) < 4.78 is 4.70. The van der Waals surface area contributed by atoms with Crippen LogP contribution < -0.4 is 0 Å². The number of thiophene rings is 1. The van der Waals surface area contributed by atoms with E-state index >= 15 is 0 Å². The number of ether oxygens (including phenoxy) is 1. The molecule has 0 amide bonds. The van der Waals surface area contributed by atoms with Gasteiger partial charge in [0.1, 0.15) is 0 Å². The topological polar surface area (TPSA) is 29.5 Å². The summed E-state index contributed by atoms with van der Waals surface area (Å²) in [4.78, 5) is 14.7. The molecule has 1 aliphatic carbocycles. The Bertz CT molecular complexity index is 319. The first-order valence-electron chi connectivity index (χ1n) is 5.13. The van der Waals surface area contributed by atoms with E-state index in [1.54, 1.807) is 11.3 Å². The number of methoxy groups -OCH3 is 1. The Hall–Kier alpha value is -0.870. The summed E-state index contributed by atoms with van der Waals surface area (Å²) in [6, 6.07) is 4.74. The Kier molecular flexibility index (Phi) is 3.38. The van der Waals surface area contributed by atoms with Crippen molar-refractivity contribution in [3.05, 3.63) is 22.4 Å². The number of carbonyl (C=O) groups excluding carboxylic acids is 1. The van der Waals surface area contributed by atoms with Crippen LogP contribution in [0.5, 0.6) is 0 Å². The lowest BCUT2D eigenvalue weighted by atomic mass is 10.4. The molecule has 0 unspecified atom stereocenters. The third kappa shape index (κ3) is 3.04. The van der Waals surface area contributed by atoms with Crippen LogP contribution in [0.25, 0.3) is 0 Å². The quantitative estimate of drug-likeness (QED) is 0.717. The Labute approximate surface area is 93.7 Å². The summed E-state index contributed by atoms with van der Waals surface area (Å²) in [6.45, 7) is 1.29. The summed E-state index contributed by atoms with van der Waals surface area (Å²) in [7, 11) is 1.44. The molecule has 0 aliphatic heterocycles. The minimum Gasteiger partial charge on any atom is -0.468 e. The van der Waals surface area contributed by atoms with Crippen LogP contribution in [-0.4, -0.2) is 30.6 Å². The molecule has 1 aromatic heterocycles.